The van der Waals surface area contributed by atoms with Crippen LogP contribution >= 0.6 is 22.6 Å². The van der Waals surface area contributed by atoms with Crippen LogP contribution in [0.2, 0.25) is 18.1 Å². The molecule has 124 valence electrons. The molecule has 0 radical (unpaired) electrons. The summed E-state index contributed by atoms with van der Waals surface area (Å²) < 4.78 is 12.5. The highest BCUT2D eigenvalue weighted by Gasteiger charge is 2.39. The van der Waals surface area contributed by atoms with Crippen LogP contribution in [0.5, 0.6) is 0 Å². The van der Waals surface area contributed by atoms with E-state index in [1.165, 1.54) is 0 Å². The van der Waals surface area contributed by atoms with Crippen molar-refractivity contribution >= 4 is 36.9 Å². The van der Waals surface area contributed by atoms with Crippen molar-refractivity contribution in [2.24, 2.45) is 0 Å². The number of ether oxygens (including phenoxy) is 1. The van der Waals surface area contributed by atoms with Crippen molar-refractivity contribution in [3.8, 4) is 0 Å². The lowest BCUT2D eigenvalue weighted by Crippen LogP contribution is -2.45. The molecule has 22 heavy (non-hydrogen) atoms. The largest absolute Gasteiger partial charge is 0.461 e. The molecule has 3 nitrogen and oxygen atoms in total. The van der Waals surface area contributed by atoms with Gasteiger partial charge in [-0.05, 0) is 23.7 Å². The number of benzene rings is 1. The van der Waals surface area contributed by atoms with Crippen LogP contribution in [0.25, 0.3) is 0 Å². The summed E-state index contributed by atoms with van der Waals surface area (Å²) >= 11 is 2.28. The van der Waals surface area contributed by atoms with Gasteiger partial charge in [0.05, 0.1) is 12.5 Å². The van der Waals surface area contributed by atoms with Crippen molar-refractivity contribution in [3.63, 3.8) is 0 Å². The summed E-state index contributed by atoms with van der Waals surface area (Å²) in [4.78, 5) is 12.0. The summed E-state index contributed by atoms with van der Waals surface area (Å²) in [6.07, 6.45) is 0.257. The van der Waals surface area contributed by atoms with Crippen LogP contribution in [0.4, 0.5) is 0 Å². The summed E-state index contributed by atoms with van der Waals surface area (Å²) in [5.41, 5.74) is 1.01. The number of hydrogen-bond donors (Lipinski definition) is 0. The maximum absolute atomic E-state index is 12.0. The van der Waals surface area contributed by atoms with Crippen LogP contribution in [0, 0.1) is 0 Å². The Morgan fingerprint density at radius 1 is 1.23 bits per heavy atom. The fourth-order valence-electron chi connectivity index (χ4n) is 1.70. The molecule has 0 bridgehead atoms. The van der Waals surface area contributed by atoms with Crippen molar-refractivity contribution in [2.75, 3.05) is 4.43 Å². The van der Waals surface area contributed by atoms with Crippen LogP contribution in [-0.2, 0) is 20.6 Å². The van der Waals surface area contributed by atoms with Crippen LogP contribution in [0.1, 0.15) is 32.8 Å². The molecule has 0 aliphatic carbocycles. The molecule has 0 fully saturated rings. The molecule has 0 amide bonds. The first kappa shape index (κ1) is 19.6. The van der Waals surface area contributed by atoms with Crippen molar-refractivity contribution in [1.29, 1.82) is 0 Å². The van der Waals surface area contributed by atoms with Crippen molar-refractivity contribution in [2.45, 2.75) is 58.0 Å². The Morgan fingerprint density at radius 3 is 2.32 bits per heavy atom. The van der Waals surface area contributed by atoms with E-state index in [1.54, 1.807) is 0 Å². The number of carbonyl (C=O) groups excluding carboxylic acids is 1. The van der Waals surface area contributed by atoms with E-state index < -0.39 is 8.32 Å². The highest BCUT2D eigenvalue weighted by molar-refractivity contribution is 14.1. The Labute approximate surface area is 149 Å². The van der Waals surface area contributed by atoms with E-state index in [0.717, 1.165) is 9.99 Å². The van der Waals surface area contributed by atoms with Crippen molar-refractivity contribution in [1.82, 2.24) is 0 Å². The van der Waals surface area contributed by atoms with Gasteiger partial charge in [-0.3, -0.25) is 4.79 Å². The Bertz CT molecular complexity index is 469. The second-order valence-electron chi connectivity index (χ2n) is 7.00. The summed E-state index contributed by atoms with van der Waals surface area (Å²) in [5.74, 6) is -0.191. The fraction of sp³-hybridized carbons (Fsp3) is 0.588. The van der Waals surface area contributed by atoms with E-state index in [2.05, 4.69) is 56.5 Å². The molecule has 0 spiro atoms. The van der Waals surface area contributed by atoms with E-state index in [-0.39, 0.29) is 17.1 Å². The molecule has 0 aliphatic heterocycles. The predicted molar refractivity (Wildman–Crippen MR) is 102 cm³/mol. The molecule has 0 saturated carbocycles. The first-order chi connectivity index (χ1) is 10.2. The predicted octanol–water partition coefficient (Wildman–Crippen LogP) is 4.95. The lowest BCUT2D eigenvalue weighted by molar-refractivity contribution is -0.146. The minimum absolute atomic E-state index is 0.0650. The average Bonchev–Trinajstić information content (AvgIpc) is 2.44. The third-order valence-electron chi connectivity index (χ3n) is 4.08. The fourth-order valence-corrected chi connectivity index (χ4v) is 3.89. The topological polar surface area (TPSA) is 35.5 Å². The van der Waals surface area contributed by atoms with E-state index in [9.17, 15) is 4.79 Å². The standard InChI is InChI=1S/C17H27IO3Si/c1-17(2,3)22(4,5)21-15(12-18)11-16(19)20-13-14-9-7-6-8-10-14/h6-10,15H,11-13H2,1-5H3/t15-/m1/s1. The minimum Gasteiger partial charge on any atom is -0.461 e. The molecule has 1 aromatic carbocycles. The van der Waals surface area contributed by atoms with Crippen LogP contribution in [-0.4, -0.2) is 24.8 Å². The molecular formula is C17H27IO3Si. The maximum atomic E-state index is 12.0. The van der Waals surface area contributed by atoms with Gasteiger partial charge in [0.1, 0.15) is 6.61 Å². The molecule has 1 rings (SSSR count). The Morgan fingerprint density at radius 2 is 1.82 bits per heavy atom. The Kier molecular flexibility index (Phi) is 7.54. The average molecular weight is 434 g/mol. The molecule has 1 atom stereocenters. The summed E-state index contributed by atoms with van der Waals surface area (Å²) in [6, 6.07) is 9.74. The van der Waals surface area contributed by atoms with Gasteiger partial charge in [-0.2, -0.15) is 0 Å². The van der Waals surface area contributed by atoms with Gasteiger partial charge in [0.15, 0.2) is 8.32 Å². The van der Waals surface area contributed by atoms with Gasteiger partial charge >= 0.3 is 5.97 Å². The van der Waals surface area contributed by atoms with Gasteiger partial charge < -0.3 is 9.16 Å². The van der Waals surface area contributed by atoms with E-state index in [4.69, 9.17) is 9.16 Å². The molecule has 0 heterocycles. The number of rotatable bonds is 7. The number of hydrogen-bond acceptors (Lipinski definition) is 3. The normalized spacial score (nSPS) is 13.7. The molecule has 0 aliphatic rings. The van der Waals surface area contributed by atoms with E-state index in [0.29, 0.717) is 13.0 Å². The first-order valence-electron chi connectivity index (χ1n) is 7.59. The molecule has 0 saturated heterocycles. The Balaban J connectivity index is 2.50. The van der Waals surface area contributed by atoms with Gasteiger partial charge in [-0.25, -0.2) is 0 Å². The summed E-state index contributed by atoms with van der Waals surface area (Å²) in [7, 11) is -1.86. The number of carbonyl (C=O) groups is 1. The zero-order chi connectivity index (χ0) is 16.8. The third kappa shape index (κ3) is 6.38. The summed E-state index contributed by atoms with van der Waals surface area (Å²) in [6.45, 7) is 11.4. The number of alkyl halides is 1. The molecule has 0 aromatic heterocycles. The molecule has 0 N–H and O–H groups in total. The smallest absolute Gasteiger partial charge is 0.308 e. The molecular weight excluding hydrogens is 407 g/mol. The van der Waals surface area contributed by atoms with Gasteiger partial charge in [0.25, 0.3) is 0 Å². The lowest BCUT2D eigenvalue weighted by Gasteiger charge is -2.38. The third-order valence-corrected chi connectivity index (χ3v) is 9.59. The highest BCUT2D eigenvalue weighted by atomic mass is 127. The van der Waals surface area contributed by atoms with Crippen LogP contribution in [0.3, 0.4) is 0 Å². The van der Waals surface area contributed by atoms with Gasteiger partial charge in [-0.1, -0.05) is 73.7 Å². The van der Waals surface area contributed by atoms with Crippen molar-refractivity contribution in [3.05, 3.63) is 35.9 Å². The maximum Gasteiger partial charge on any atom is 0.308 e. The second-order valence-corrected chi connectivity index (χ2v) is 12.6. The number of halogens is 1. The molecule has 0 unspecified atom stereocenters. The van der Waals surface area contributed by atoms with Gasteiger partial charge in [0, 0.05) is 4.43 Å². The van der Waals surface area contributed by atoms with Crippen molar-refractivity contribution < 1.29 is 14.0 Å². The molecule has 5 heteroatoms. The zero-order valence-electron chi connectivity index (χ0n) is 14.2. The van der Waals surface area contributed by atoms with Gasteiger partial charge in [0.2, 0.25) is 0 Å². The van der Waals surface area contributed by atoms with Crippen LogP contribution in [0.15, 0.2) is 30.3 Å². The zero-order valence-corrected chi connectivity index (χ0v) is 17.3. The minimum atomic E-state index is -1.86. The lowest BCUT2D eigenvalue weighted by atomic mass is 10.2. The van der Waals surface area contributed by atoms with E-state index in [1.807, 2.05) is 30.3 Å². The Hall–Kier alpha value is -0.403. The molecule has 1 aromatic rings. The first-order valence-corrected chi connectivity index (χ1v) is 12.0. The van der Waals surface area contributed by atoms with Gasteiger partial charge in [-0.15, -0.1) is 0 Å². The summed E-state index contributed by atoms with van der Waals surface area (Å²) in [5, 5.41) is 0.144. The monoisotopic (exact) mass is 434 g/mol. The second kappa shape index (κ2) is 8.45. The number of esters is 1. The quantitative estimate of drug-likeness (QED) is 0.264. The highest BCUT2D eigenvalue weighted by Crippen LogP contribution is 2.37. The van der Waals surface area contributed by atoms with Crippen LogP contribution < -0.4 is 0 Å². The van der Waals surface area contributed by atoms with E-state index >= 15 is 0 Å². The SMILES string of the molecule is CC(C)(C)[Si](C)(C)O[C@@H](CI)CC(=O)OCc1ccccc1.